The SMILES string of the molecule is CCC(CC(C)c1ccc(COc2ccc(C3(c4ccc(C(C)(C)C)cc4)c4ccccc4-c4ccc(N(c5ccc(-c6ccccc6)cc5)c5ccc(-c6ccccc6)cc5)cc43)cc2)cc1)c1ccc2c(c1)CC2. The van der Waals surface area contributed by atoms with Gasteiger partial charge in [0.25, 0.3) is 0 Å². The standard InChI is InChI=1S/C74H67NO/c1-6-53(60-27-25-59-26-28-61(59)48-60)47-51(2)54-23-21-52(22-24-54)50-76-68-44-37-64(38-45-68)74(63-35-33-62(34-36-63)73(3,4)5)71-20-14-13-19-69(71)70-46-43-67(49-72(70)74)75(65-39-29-57(30-40-65)55-15-9-7-10-16-55)66-41-31-58(32-42-66)56-17-11-8-12-18-56/h7-25,27,29-46,48-49,51,53H,6,26,28,47,50H2,1-5H3. The molecule has 0 N–H and O–H groups in total. The van der Waals surface area contributed by atoms with E-state index in [1.807, 2.05) is 0 Å². The molecule has 12 rings (SSSR count). The summed E-state index contributed by atoms with van der Waals surface area (Å²) in [6.45, 7) is 12.1. The van der Waals surface area contributed by atoms with Gasteiger partial charge in [-0.3, -0.25) is 0 Å². The summed E-state index contributed by atoms with van der Waals surface area (Å²) in [5.41, 5.74) is 23.4. The Labute approximate surface area is 451 Å². The second kappa shape index (κ2) is 20.5. The third kappa shape index (κ3) is 9.25. The van der Waals surface area contributed by atoms with E-state index >= 15 is 0 Å². The predicted octanol–water partition coefficient (Wildman–Crippen LogP) is 19.5. The third-order valence-corrected chi connectivity index (χ3v) is 16.7. The van der Waals surface area contributed by atoms with Crippen molar-refractivity contribution in [3.8, 4) is 39.1 Å². The zero-order chi connectivity index (χ0) is 51.8. The summed E-state index contributed by atoms with van der Waals surface area (Å²) < 4.78 is 6.62. The van der Waals surface area contributed by atoms with E-state index in [4.69, 9.17) is 4.74 Å². The molecule has 0 saturated carbocycles. The lowest BCUT2D eigenvalue weighted by Crippen LogP contribution is -2.29. The van der Waals surface area contributed by atoms with Gasteiger partial charge in [0.15, 0.2) is 0 Å². The largest absolute Gasteiger partial charge is 0.489 e. The topological polar surface area (TPSA) is 12.5 Å². The first-order valence-electron chi connectivity index (χ1n) is 27.5. The number of hydrogen-bond acceptors (Lipinski definition) is 2. The molecule has 0 heterocycles. The second-order valence-electron chi connectivity index (χ2n) is 22.3. The van der Waals surface area contributed by atoms with Crippen molar-refractivity contribution in [1.29, 1.82) is 0 Å². The molecule has 3 unspecified atom stereocenters. The summed E-state index contributed by atoms with van der Waals surface area (Å²) in [5.74, 6) is 1.90. The minimum Gasteiger partial charge on any atom is -0.489 e. The van der Waals surface area contributed by atoms with Gasteiger partial charge in [-0.05, 0) is 180 Å². The van der Waals surface area contributed by atoms with Crippen molar-refractivity contribution in [2.75, 3.05) is 4.90 Å². The van der Waals surface area contributed by atoms with Crippen LogP contribution in [-0.2, 0) is 30.3 Å². The fraction of sp³-hybridized carbons (Fsp3) is 0.189. The van der Waals surface area contributed by atoms with E-state index in [0.717, 1.165) is 35.7 Å². The quantitative estimate of drug-likeness (QED) is 0.101. The fourth-order valence-electron chi connectivity index (χ4n) is 12.2. The Hall–Kier alpha value is -8.20. The molecule has 0 aliphatic heterocycles. The maximum atomic E-state index is 6.62. The predicted molar refractivity (Wildman–Crippen MR) is 319 cm³/mol. The molecule has 0 aromatic heterocycles. The van der Waals surface area contributed by atoms with E-state index in [9.17, 15) is 0 Å². The van der Waals surface area contributed by atoms with Crippen LogP contribution in [0.3, 0.4) is 0 Å². The van der Waals surface area contributed by atoms with Crippen LogP contribution >= 0.6 is 0 Å². The number of benzene rings is 10. The second-order valence-corrected chi connectivity index (χ2v) is 22.3. The highest BCUT2D eigenvalue weighted by Crippen LogP contribution is 2.58. The average Bonchev–Trinajstić information content (AvgIpc) is 3.81. The number of anilines is 3. The summed E-state index contributed by atoms with van der Waals surface area (Å²) >= 11 is 0. The van der Waals surface area contributed by atoms with Crippen molar-refractivity contribution in [3.05, 3.63) is 298 Å². The molecule has 2 heteroatoms. The van der Waals surface area contributed by atoms with Gasteiger partial charge in [-0.15, -0.1) is 0 Å². The van der Waals surface area contributed by atoms with Crippen LogP contribution in [0.2, 0.25) is 0 Å². The van der Waals surface area contributed by atoms with Gasteiger partial charge < -0.3 is 9.64 Å². The molecular formula is C74H67NO. The van der Waals surface area contributed by atoms with Gasteiger partial charge in [-0.2, -0.15) is 0 Å². The Kier molecular flexibility index (Phi) is 13.1. The van der Waals surface area contributed by atoms with Gasteiger partial charge in [0.2, 0.25) is 0 Å². The third-order valence-electron chi connectivity index (χ3n) is 16.7. The van der Waals surface area contributed by atoms with Crippen molar-refractivity contribution in [1.82, 2.24) is 0 Å². The molecule has 2 nitrogen and oxygen atoms in total. The first-order valence-corrected chi connectivity index (χ1v) is 27.5. The number of aryl methyl sites for hydroxylation is 2. The number of hydrogen-bond donors (Lipinski definition) is 0. The van der Waals surface area contributed by atoms with Crippen LogP contribution in [0.1, 0.15) is 115 Å². The van der Waals surface area contributed by atoms with E-state index in [0.29, 0.717) is 18.4 Å². The van der Waals surface area contributed by atoms with Crippen LogP contribution in [0.25, 0.3) is 33.4 Å². The van der Waals surface area contributed by atoms with Crippen LogP contribution in [-0.4, -0.2) is 0 Å². The maximum absolute atomic E-state index is 6.62. The van der Waals surface area contributed by atoms with E-state index < -0.39 is 5.41 Å². The van der Waals surface area contributed by atoms with Gasteiger partial charge >= 0.3 is 0 Å². The van der Waals surface area contributed by atoms with Crippen LogP contribution < -0.4 is 9.64 Å². The normalized spacial score (nSPS) is 15.2. The van der Waals surface area contributed by atoms with Crippen molar-refractivity contribution in [3.63, 3.8) is 0 Å². The van der Waals surface area contributed by atoms with Crippen LogP contribution in [0.5, 0.6) is 5.75 Å². The molecule has 0 spiro atoms. The van der Waals surface area contributed by atoms with Gasteiger partial charge in [0, 0.05) is 17.1 Å². The Bertz CT molecular complexity index is 3530. The highest BCUT2D eigenvalue weighted by atomic mass is 16.5. The molecule has 10 aromatic rings. The molecule has 0 amide bonds. The van der Waals surface area contributed by atoms with E-state index in [1.54, 1.807) is 5.56 Å². The van der Waals surface area contributed by atoms with E-state index in [2.05, 4.69) is 282 Å². The Morgan fingerprint density at radius 2 is 1.00 bits per heavy atom. The van der Waals surface area contributed by atoms with Gasteiger partial charge in [-0.25, -0.2) is 0 Å². The minimum atomic E-state index is -0.624. The monoisotopic (exact) mass is 986 g/mol. The van der Waals surface area contributed by atoms with Gasteiger partial charge in [0.1, 0.15) is 12.4 Å². The smallest absolute Gasteiger partial charge is 0.119 e. The molecule has 3 atom stereocenters. The van der Waals surface area contributed by atoms with Crippen LogP contribution in [0.15, 0.2) is 243 Å². The molecule has 0 saturated heterocycles. The molecule has 2 aliphatic rings. The van der Waals surface area contributed by atoms with Gasteiger partial charge in [-0.1, -0.05) is 229 Å². The Balaban J connectivity index is 0.897. The summed E-state index contributed by atoms with van der Waals surface area (Å²) in [6.07, 6.45) is 4.79. The number of rotatable bonds is 15. The lowest BCUT2D eigenvalue weighted by atomic mass is 9.67. The fourth-order valence-corrected chi connectivity index (χ4v) is 12.2. The average molecular weight is 986 g/mol. The molecule has 0 radical (unpaired) electrons. The summed E-state index contributed by atoms with van der Waals surface area (Å²) in [4.78, 5) is 2.42. The number of fused-ring (bicyclic) bond motifs is 4. The van der Waals surface area contributed by atoms with E-state index in [1.165, 1.54) is 96.3 Å². The minimum absolute atomic E-state index is 0.00936. The summed E-state index contributed by atoms with van der Waals surface area (Å²) in [7, 11) is 0. The molecule has 10 aromatic carbocycles. The maximum Gasteiger partial charge on any atom is 0.119 e. The highest BCUT2D eigenvalue weighted by Gasteiger charge is 2.46. The molecule has 374 valence electrons. The van der Waals surface area contributed by atoms with Crippen molar-refractivity contribution >= 4 is 17.1 Å². The van der Waals surface area contributed by atoms with Crippen molar-refractivity contribution < 1.29 is 4.74 Å². The van der Waals surface area contributed by atoms with Crippen molar-refractivity contribution in [2.45, 2.75) is 89.6 Å². The molecule has 0 bridgehead atoms. The molecule has 2 aliphatic carbocycles. The Morgan fingerprint density at radius 1 is 0.474 bits per heavy atom. The number of ether oxygens (including phenoxy) is 1. The van der Waals surface area contributed by atoms with Crippen LogP contribution in [0, 0.1) is 0 Å². The first-order chi connectivity index (χ1) is 37.1. The lowest BCUT2D eigenvalue weighted by molar-refractivity contribution is 0.306. The summed E-state index contributed by atoms with van der Waals surface area (Å²) in [6, 6.07) is 90.3. The summed E-state index contributed by atoms with van der Waals surface area (Å²) in [5, 5.41) is 0. The Morgan fingerprint density at radius 3 is 1.57 bits per heavy atom. The molecular weight excluding hydrogens is 919 g/mol. The lowest BCUT2D eigenvalue weighted by Gasteiger charge is -2.35. The number of nitrogens with zero attached hydrogens (tertiary/aromatic N) is 1. The van der Waals surface area contributed by atoms with E-state index in [-0.39, 0.29) is 5.41 Å². The van der Waals surface area contributed by atoms with Crippen molar-refractivity contribution in [2.24, 2.45) is 0 Å². The molecule has 76 heavy (non-hydrogen) atoms. The van der Waals surface area contributed by atoms with Gasteiger partial charge in [0.05, 0.1) is 5.41 Å². The highest BCUT2D eigenvalue weighted by molar-refractivity contribution is 5.90. The molecule has 0 fully saturated rings. The van der Waals surface area contributed by atoms with Crippen LogP contribution in [0.4, 0.5) is 17.1 Å². The zero-order valence-electron chi connectivity index (χ0n) is 44.6. The zero-order valence-corrected chi connectivity index (χ0v) is 44.6. The first kappa shape index (κ1) is 48.7.